The van der Waals surface area contributed by atoms with Gasteiger partial charge >= 0.3 is 0 Å². The topological polar surface area (TPSA) is 49.6 Å². The number of rotatable bonds is 4. The Kier molecular flexibility index (Phi) is 4.96. The van der Waals surface area contributed by atoms with E-state index in [4.69, 9.17) is 5.73 Å². The molecule has 0 aromatic carbocycles. The minimum absolute atomic E-state index is 0.0786. The lowest BCUT2D eigenvalue weighted by Gasteiger charge is -2.33. The molecule has 0 aliphatic carbocycles. The summed E-state index contributed by atoms with van der Waals surface area (Å²) in [6.07, 6.45) is 1.93. The lowest BCUT2D eigenvalue weighted by Crippen LogP contribution is -2.43. The van der Waals surface area contributed by atoms with E-state index in [9.17, 15) is 4.79 Å². The van der Waals surface area contributed by atoms with Crippen molar-refractivity contribution >= 4 is 17.2 Å². The van der Waals surface area contributed by atoms with Crippen LogP contribution in [-0.2, 0) is 4.79 Å². The quantitative estimate of drug-likeness (QED) is 0.913. The predicted molar refractivity (Wildman–Crippen MR) is 79.2 cm³/mol. The summed E-state index contributed by atoms with van der Waals surface area (Å²) in [5, 5.41) is 2.08. The third-order valence-corrected chi connectivity index (χ3v) is 4.75. The van der Waals surface area contributed by atoms with Crippen LogP contribution in [0.2, 0.25) is 0 Å². The molecule has 0 radical (unpaired) electrons. The molecule has 2 rings (SSSR count). The van der Waals surface area contributed by atoms with E-state index in [0.29, 0.717) is 6.54 Å². The van der Waals surface area contributed by atoms with Crippen LogP contribution < -0.4 is 5.73 Å². The molecule has 0 bridgehead atoms. The van der Waals surface area contributed by atoms with Crippen molar-refractivity contribution in [1.82, 2.24) is 9.80 Å². The van der Waals surface area contributed by atoms with Crippen LogP contribution in [0.1, 0.15) is 30.7 Å². The van der Waals surface area contributed by atoms with E-state index in [2.05, 4.69) is 29.3 Å². The Morgan fingerprint density at radius 3 is 2.89 bits per heavy atom. The normalized spacial score (nSPS) is 21.2. The van der Waals surface area contributed by atoms with Crippen LogP contribution in [0, 0.1) is 0 Å². The molecule has 1 aliphatic heterocycles. The summed E-state index contributed by atoms with van der Waals surface area (Å²) in [5.41, 5.74) is 6.31. The van der Waals surface area contributed by atoms with Gasteiger partial charge in [-0.3, -0.25) is 9.69 Å². The monoisotopic (exact) mass is 281 g/mol. The Hall–Kier alpha value is -0.910. The first-order chi connectivity index (χ1) is 9.13. The fraction of sp³-hybridized carbons (Fsp3) is 0.643. The third kappa shape index (κ3) is 3.35. The van der Waals surface area contributed by atoms with Gasteiger partial charge in [-0.25, -0.2) is 0 Å². The summed E-state index contributed by atoms with van der Waals surface area (Å²) in [7, 11) is 1.88. The largest absolute Gasteiger partial charge is 0.345 e. The van der Waals surface area contributed by atoms with Crippen LogP contribution in [0.4, 0.5) is 0 Å². The van der Waals surface area contributed by atoms with E-state index >= 15 is 0 Å². The summed E-state index contributed by atoms with van der Waals surface area (Å²) >= 11 is 1.73. The van der Waals surface area contributed by atoms with Crippen molar-refractivity contribution in [3.05, 3.63) is 22.4 Å². The maximum atomic E-state index is 12.1. The van der Waals surface area contributed by atoms with Crippen LogP contribution >= 0.6 is 11.3 Å². The number of nitrogens with two attached hydrogens (primary N) is 1. The molecule has 4 nitrogen and oxygen atoms in total. The Morgan fingerprint density at radius 1 is 1.47 bits per heavy atom. The molecule has 0 spiro atoms. The molecule has 2 N–H and O–H groups in total. The first kappa shape index (κ1) is 14.5. The Labute approximate surface area is 119 Å². The molecule has 106 valence electrons. The van der Waals surface area contributed by atoms with E-state index in [1.165, 1.54) is 4.88 Å². The first-order valence-electron chi connectivity index (χ1n) is 6.90. The molecule has 1 aromatic rings. The molecular formula is C14H23N3OS. The second-order valence-electron chi connectivity index (χ2n) is 5.17. The van der Waals surface area contributed by atoms with E-state index < -0.39 is 0 Å². The van der Waals surface area contributed by atoms with Crippen molar-refractivity contribution < 1.29 is 4.79 Å². The zero-order valence-corrected chi connectivity index (χ0v) is 12.5. The SMILES string of the molecule is CCC(N)C(c1cccs1)N1CCCN(C)C(=O)C1. The number of hydrogen-bond donors (Lipinski definition) is 1. The fourth-order valence-electron chi connectivity index (χ4n) is 2.59. The molecular weight excluding hydrogens is 258 g/mol. The smallest absolute Gasteiger partial charge is 0.236 e. The second kappa shape index (κ2) is 6.50. The number of nitrogens with zero attached hydrogens (tertiary/aromatic N) is 2. The summed E-state index contributed by atoms with van der Waals surface area (Å²) < 4.78 is 0. The number of carbonyl (C=O) groups excluding carboxylic acids is 1. The molecule has 19 heavy (non-hydrogen) atoms. The minimum atomic E-state index is 0.0786. The second-order valence-corrected chi connectivity index (χ2v) is 6.15. The van der Waals surface area contributed by atoms with Gasteiger partial charge in [0.05, 0.1) is 12.6 Å². The summed E-state index contributed by atoms with van der Waals surface area (Å²) in [5.74, 6) is 0.197. The minimum Gasteiger partial charge on any atom is -0.345 e. The van der Waals surface area contributed by atoms with Gasteiger partial charge in [0, 0.05) is 31.1 Å². The lowest BCUT2D eigenvalue weighted by atomic mass is 10.0. The molecule has 2 heterocycles. The van der Waals surface area contributed by atoms with Crippen molar-refractivity contribution in [2.75, 3.05) is 26.7 Å². The molecule has 1 amide bonds. The van der Waals surface area contributed by atoms with Gasteiger partial charge in [-0.15, -0.1) is 11.3 Å². The van der Waals surface area contributed by atoms with Gasteiger partial charge in [-0.1, -0.05) is 13.0 Å². The molecule has 1 saturated heterocycles. The Bertz CT molecular complexity index is 407. The van der Waals surface area contributed by atoms with Gasteiger partial charge in [0.15, 0.2) is 0 Å². The highest BCUT2D eigenvalue weighted by Gasteiger charge is 2.30. The van der Waals surface area contributed by atoms with Crippen LogP contribution in [0.5, 0.6) is 0 Å². The van der Waals surface area contributed by atoms with Crippen LogP contribution in [0.15, 0.2) is 17.5 Å². The molecule has 2 unspecified atom stereocenters. The van der Waals surface area contributed by atoms with Crippen molar-refractivity contribution in [2.24, 2.45) is 5.73 Å². The Morgan fingerprint density at radius 2 is 2.26 bits per heavy atom. The summed E-state index contributed by atoms with van der Waals surface area (Å²) in [6.45, 7) is 4.37. The predicted octanol–water partition coefficient (Wildman–Crippen LogP) is 1.69. The number of amides is 1. The highest BCUT2D eigenvalue weighted by Crippen LogP contribution is 2.29. The number of thiophene rings is 1. The van der Waals surface area contributed by atoms with E-state index in [-0.39, 0.29) is 18.0 Å². The average molecular weight is 281 g/mol. The lowest BCUT2D eigenvalue weighted by molar-refractivity contribution is -0.130. The fourth-order valence-corrected chi connectivity index (χ4v) is 3.53. The van der Waals surface area contributed by atoms with Gasteiger partial charge < -0.3 is 10.6 Å². The van der Waals surface area contributed by atoms with Crippen LogP contribution in [0.25, 0.3) is 0 Å². The Balaban J connectivity index is 2.20. The molecule has 5 heteroatoms. The molecule has 1 aliphatic rings. The van der Waals surface area contributed by atoms with Crippen LogP contribution in [-0.4, -0.2) is 48.4 Å². The van der Waals surface area contributed by atoms with Crippen molar-refractivity contribution in [3.63, 3.8) is 0 Å². The summed E-state index contributed by atoms with van der Waals surface area (Å²) in [6, 6.07) is 4.43. The highest BCUT2D eigenvalue weighted by molar-refractivity contribution is 7.10. The molecule has 1 fully saturated rings. The maximum Gasteiger partial charge on any atom is 0.236 e. The van der Waals surface area contributed by atoms with Crippen molar-refractivity contribution in [3.8, 4) is 0 Å². The zero-order valence-electron chi connectivity index (χ0n) is 11.7. The molecule has 2 atom stereocenters. The molecule has 0 saturated carbocycles. The van der Waals surface area contributed by atoms with Gasteiger partial charge in [-0.05, 0) is 24.3 Å². The van der Waals surface area contributed by atoms with Gasteiger partial charge in [0.2, 0.25) is 5.91 Å². The van der Waals surface area contributed by atoms with E-state index in [0.717, 1.165) is 25.9 Å². The van der Waals surface area contributed by atoms with Crippen LogP contribution in [0.3, 0.4) is 0 Å². The highest BCUT2D eigenvalue weighted by atomic mass is 32.1. The first-order valence-corrected chi connectivity index (χ1v) is 7.78. The standard InChI is InChI=1S/C14H23N3OS/c1-3-11(15)14(12-6-4-9-19-12)17-8-5-7-16(2)13(18)10-17/h4,6,9,11,14H,3,5,7-8,10,15H2,1-2H3. The molecule has 1 aromatic heterocycles. The van der Waals surface area contributed by atoms with Gasteiger partial charge in [0.1, 0.15) is 0 Å². The van der Waals surface area contributed by atoms with E-state index in [1.807, 2.05) is 11.9 Å². The zero-order chi connectivity index (χ0) is 13.8. The number of carbonyl (C=O) groups is 1. The number of hydrogen-bond acceptors (Lipinski definition) is 4. The van der Waals surface area contributed by atoms with Gasteiger partial charge in [-0.2, -0.15) is 0 Å². The van der Waals surface area contributed by atoms with Gasteiger partial charge in [0.25, 0.3) is 0 Å². The third-order valence-electron chi connectivity index (χ3n) is 3.81. The van der Waals surface area contributed by atoms with Crippen molar-refractivity contribution in [1.29, 1.82) is 0 Å². The van der Waals surface area contributed by atoms with Crippen molar-refractivity contribution in [2.45, 2.75) is 31.8 Å². The van der Waals surface area contributed by atoms with E-state index in [1.54, 1.807) is 11.3 Å². The maximum absolute atomic E-state index is 12.1. The summed E-state index contributed by atoms with van der Waals surface area (Å²) in [4.78, 5) is 17.4. The number of likely N-dealkylation sites (N-methyl/N-ethyl adjacent to an activating group) is 1. The average Bonchev–Trinajstić information content (AvgIpc) is 2.86.